The van der Waals surface area contributed by atoms with Gasteiger partial charge in [-0.3, -0.25) is 0 Å². The molecule has 0 atom stereocenters. The van der Waals surface area contributed by atoms with Gasteiger partial charge in [-0.2, -0.15) is 8.78 Å². The molecule has 0 saturated heterocycles. The van der Waals surface area contributed by atoms with Gasteiger partial charge in [-0.15, -0.1) is 0 Å². The topological polar surface area (TPSA) is 9.23 Å². The summed E-state index contributed by atoms with van der Waals surface area (Å²) in [7, 11) is 0. The summed E-state index contributed by atoms with van der Waals surface area (Å²) in [5.41, 5.74) is 0.938. The van der Waals surface area contributed by atoms with Gasteiger partial charge in [0, 0.05) is 0 Å². The zero-order valence-corrected chi connectivity index (χ0v) is 6.68. The molecule has 0 aliphatic carbocycles. The zero-order valence-electron chi connectivity index (χ0n) is 6.68. The number of ether oxygens (including phenoxy) is 1. The first-order chi connectivity index (χ1) is 5.72. The molecule has 3 heteroatoms. The smallest absolute Gasteiger partial charge is 0.387 e. The van der Waals surface area contributed by atoms with E-state index in [0.717, 1.165) is 12.0 Å². The molecule has 0 aromatic heterocycles. The zero-order chi connectivity index (χ0) is 8.97. The van der Waals surface area contributed by atoms with Gasteiger partial charge in [0.2, 0.25) is 0 Å². The van der Waals surface area contributed by atoms with Gasteiger partial charge in [-0.05, 0) is 30.2 Å². The molecule has 0 aliphatic heterocycles. The molecule has 1 radical (unpaired) electrons. The highest BCUT2D eigenvalue weighted by atomic mass is 19.3. The molecular weight excluding hydrogens is 162 g/mol. The van der Waals surface area contributed by atoms with Crippen molar-refractivity contribution in [1.29, 1.82) is 0 Å². The van der Waals surface area contributed by atoms with E-state index in [4.69, 9.17) is 0 Å². The minimum atomic E-state index is -2.76. The van der Waals surface area contributed by atoms with Crippen LogP contribution in [-0.4, -0.2) is 6.61 Å². The highest BCUT2D eigenvalue weighted by Gasteiger charge is 2.03. The standard InChI is InChI=1S/C9H9F2O/c1-2-7-4-3-5-8(6-7)12-9(10)11/h4-6,9H,2H2,1H3. The monoisotopic (exact) mass is 171 g/mol. The molecule has 0 bridgehead atoms. The Morgan fingerprint density at radius 3 is 2.83 bits per heavy atom. The Labute approximate surface area is 70.0 Å². The third-order valence-electron chi connectivity index (χ3n) is 1.46. The van der Waals surface area contributed by atoms with E-state index in [1.807, 2.05) is 6.92 Å². The predicted molar refractivity (Wildman–Crippen MR) is 41.3 cm³/mol. The van der Waals surface area contributed by atoms with Gasteiger partial charge < -0.3 is 4.74 Å². The largest absolute Gasteiger partial charge is 0.435 e. The maximum atomic E-state index is 11.7. The van der Waals surface area contributed by atoms with E-state index in [0.29, 0.717) is 0 Å². The van der Waals surface area contributed by atoms with Crippen LogP contribution in [-0.2, 0) is 6.42 Å². The lowest BCUT2D eigenvalue weighted by Gasteiger charge is -2.04. The van der Waals surface area contributed by atoms with Crippen LogP contribution in [0.1, 0.15) is 12.5 Å². The normalized spacial score (nSPS) is 10.3. The minimum absolute atomic E-state index is 0.171. The van der Waals surface area contributed by atoms with Crippen LogP contribution in [0, 0.1) is 6.07 Å². The lowest BCUT2D eigenvalue weighted by molar-refractivity contribution is -0.0498. The molecule has 1 nitrogen and oxygen atoms in total. The van der Waals surface area contributed by atoms with Crippen molar-refractivity contribution >= 4 is 0 Å². The predicted octanol–water partition coefficient (Wildman–Crippen LogP) is 2.65. The molecule has 0 fully saturated rings. The number of benzene rings is 1. The first kappa shape index (κ1) is 8.97. The molecule has 1 aromatic carbocycles. The Kier molecular flexibility index (Phi) is 3.02. The van der Waals surface area contributed by atoms with Crippen LogP contribution in [0.3, 0.4) is 0 Å². The van der Waals surface area contributed by atoms with E-state index in [1.165, 1.54) is 6.07 Å². The fraction of sp³-hybridized carbons (Fsp3) is 0.333. The second-order valence-electron chi connectivity index (χ2n) is 2.31. The number of aryl methyl sites for hydroxylation is 1. The highest BCUT2D eigenvalue weighted by Crippen LogP contribution is 2.15. The van der Waals surface area contributed by atoms with Crippen LogP contribution in [0.5, 0.6) is 5.75 Å². The van der Waals surface area contributed by atoms with Crippen LogP contribution in [0.25, 0.3) is 0 Å². The van der Waals surface area contributed by atoms with Crippen molar-refractivity contribution in [3.8, 4) is 5.75 Å². The average Bonchev–Trinajstić information content (AvgIpc) is 2.03. The Balaban J connectivity index is 2.72. The number of alkyl halides is 2. The Morgan fingerprint density at radius 1 is 1.50 bits per heavy atom. The third-order valence-corrected chi connectivity index (χ3v) is 1.46. The molecule has 0 saturated carbocycles. The summed E-state index contributed by atoms with van der Waals surface area (Å²) in [4.78, 5) is 0. The van der Waals surface area contributed by atoms with Gasteiger partial charge in [-0.25, -0.2) is 0 Å². The maximum absolute atomic E-state index is 11.7. The summed E-state index contributed by atoms with van der Waals surface area (Å²) in [6.45, 7) is -0.819. The van der Waals surface area contributed by atoms with E-state index in [-0.39, 0.29) is 5.75 Å². The van der Waals surface area contributed by atoms with Crippen LogP contribution in [0.2, 0.25) is 0 Å². The van der Waals surface area contributed by atoms with Gasteiger partial charge in [0.05, 0.1) is 0 Å². The molecule has 1 rings (SSSR count). The van der Waals surface area contributed by atoms with Crippen molar-refractivity contribution in [2.24, 2.45) is 0 Å². The van der Waals surface area contributed by atoms with Gasteiger partial charge in [-0.1, -0.05) is 13.0 Å². The molecule has 0 heterocycles. The van der Waals surface area contributed by atoms with Crippen LogP contribution in [0.15, 0.2) is 18.2 Å². The van der Waals surface area contributed by atoms with Gasteiger partial charge >= 0.3 is 6.61 Å². The van der Waals surface area contributed by atoms with Gasteiger partial charge in [0.25, 0.3) is 0 Å². The lowest BCUT2D eigenvalue weighted by atomic mass is 10.2. The summed E-state index contributed by atoms with van der Waals surface area (Å²) < 4.78 is 27.6. The van der Waals surface area contributed by atoms with Crippen LogP contribution >= 0.6 is 0 Å². The first-order valence-corrected chi connectivity index (χ1v) is 3.67. The van der Waals surface area contributed by atoms with Crippen molar-refractivity contribution in [2.45, 2.75) is 20.0 Å². The van der Waals surface area contributed by atoms with Crippen molar-refractivity contribution < 1.29 is 13.5 Å². The van der Waals surface area contributed by atoms with Crippen molar-refractivity contribution in [1.82, 2.24) is 0 Å². The second kappa shape index (κ2) is 4.04. The molecular formula is C9H9F2O. The van der Waals surface area contributed by atoms with E-state index in [2.05, 4.69) is 10.8 Å². The van der Waals surface area contributed by atoms with Crippen molar-refractivity contribution in [2.75, 3.05) is 0 Å². The van der Waals surface area contributed by atoms with Crippen LogP contribution in [0.4, 0.5) is 8.78 Å². The second-order valence-corrected chi connectivity index (χ2v) is 2.31. The Bertz CT molecular complexity index is 248. The van der Waals surface area contributed by atoms with E-state index >= 15 is 0 Å². The van der Waals surface area contributed by atoms with Gasteiger partial charge in [0.15, 0.2) is 0 Å². The summed E-state index contributed by atoms with van der Waals surface area (Å²) in [5, 5.41) is 0. The first-order valence-electron chi connectivity index (χ1n) is 3.67. The SMILES string of the molecule is CCc1c[c]cc(OC(F)F)c1. The molecule has 0 unspecified atom stereocenters. The fourth-order valence-electron chi connectivity index (χ4n) is 0.872. The Hall–Kier alpha value is -1.12. The van der Waals surface area contributed by atoms with Crippen molar-refractivity contribution in [3.05, 3.63) is 29.8 Å². The van der Waals surface area contributed by atoms with E-state index in [9.17, 15) is 8.78 Å². The lowest BCUT2D eigenvalue weighted by Crippen LogP contribution is -2.01. The minimum Gasteiger partial charge on any atom is -0.435 e. The number of rotatable bonds is 3. The molecule has 0 N–H and O–H groups in total. The number of hydrogen-bond acceptors (Lipinski definition) is 1. The number of hydrogen-bond donors (Lipinski definition) is 0. The summed E-state index contributed by atoms with van der Waals surface area (Å²) >= 11 is 0. The van der Waals surface area contributed by atoms with Gasteiger partial charge in [0.1, 0.15) is 5.75 Å². The molecule has 12 heavy (non-hydrogen) atoms. The summed E-state index contributed by atoms with van der Waals surface area (Å²) in [5.74, 6) is 0.171. The fourth-order valence-corrected chi connectivity index (χ4v) is 0.872. The quantitative estimate of drug-likeness (QED) is 0.679. The molecule has 1 aromatic rings. The highest BCUT2D eigenvalue weighted by molar-refractivity contribution is 5.27. The third kappa shape index (κ3) is 2.49. The van der Waals surface area contributed by atoms with Crippen molar-refractivity contribution in [3.63, 3.8) is 0 Å². The van der Waals surface area contributed by atoms with Crippen LogP contribution < -0.4 is 4.74 Å². The Morgan fingerprint density at radius 2 is 2.25 bits per heavy atom. The molecule has 0 aliphatic rings. The maximum Gasteiger partial charge on any atom is 0.387 e. The van der Waals surface area contributed by atoms with E-state index in [1.54, 1.807) is 12.1 Å². The molecule has 0 amide bonds. The number of halogens is 2. The molecule has 65 valence electrons. The molecule has 0 spiro atoms. The van der Waals surface area contributed by atoms with E-state index < -0.39 is 6.61 Å². The summed E-state index contributed by atoms with van der Waals surface area (Å²) in [6.07, 6.45) is 0.789. The average molecular weight is 171 g/mol. The summed E-state index contributed by atoms with van der Waals surface area (Å²) in [6, 6.07) is 7.46.